The minimum absolute atomic E-state index is 0.328. The summed E-state index contributed by atoms with van der Waals surface area (Å²) in [6.07, 6.45) is 1.19. The average Bonchev–Trinajstić information content (AvgIpc) is 4.03. The monoisotopic (exact) mass is 926 g/mol. The summed E-state index contributed by atoms with van der Waals surface area (Å²) in [5.41, 5.74) is -0.328. The van der Waals surface area contributed by atoms with Crippen LogP contribution in [0.2, 0.25) is 0 Å². The number of esters is 1. The standard InChI is InChI=1S/C54H38O3S6/c1-2-50(55)57-43-23-10-17-34-35(43)18-9-22-42(34)56-30-54(31-58-47-27-11-19-39-36-14-3-6-24-44(36)61-51(39)47,32-59-48-28-12-20-40-37-15-4-7-25-45(37)62-52(40)48)33-60-49-29-13-21-41-38-16-5-8-26-46(38)63-53(41)49/h2-29H,1,30-33H2. The van der Waals surface area contributed by atoms with Gasteiger partial charge in [0.2, 0.25) is 0 Å². The summed E-state index contributed by atoms with van der Waals surface area (Å²) in [6.45, 7) is 4.08. The summed E-state index contributed by atoms with van der Waals surface area (Å²) in [7, 11) is 0. The number of rotatable bonds is 14. The van der Waals surface area contributed by atoms with Gasteiger partial charge in [-0.15, -0.1) is 69.3 Å². The predicted octanol–water partition coefficient (Wildman–Crippen LogP) is 16.8. The third kappa shape index (κ3) is 7.79. The molecule has 0 aliphatic rings. The lowest BCUT2D eigenvalue weighted by Gasteiger charge is -2.33. The number of carbonyl (C=O) groups is 1. The Kier molecular flexibility index (Phi) is 11.2. The number of thiophene rings is 3. The summed E-state index contributed by atoms with van der Waals surface area (Å²) in [6, 6.07) is 58.3. The second kappa shape index (κ2) is 17.4. The molecule has 3 aromatic heterocycles. The molecule has 0 saturated carbocycles. The Morgan fingerprint density at radius 2 is 0.825 bits per heavy atom. The van der Waals surface area contributed by atoms with Crippen LogP contribution in [0.1, 0.15) is 0 Å². The zero-order chi connectivity index (χ0) is 42.3. The molecule has 0 saturated heterocycles. The van der Waals surface area contributed by atoms with Gasteiger partial charge in [0.1, 0.15) is 11.5 Å². The lowest BCUT2D eigenvalue weighted by atomic mass is 9.97. The predicted molar refractivity (Wildman–Crippen MR) is 278 cm³/mol. The molecular formula is C54H38O3S6. The smallest absolute Gasteiger partial charge is 0.335 e. The first-order valence-corrected chi connectivity index (χ1v) is 26.0. The summed E-state index contributed by atoms with van der Waals surface area (Å²) in [4.78, 5) is 16.2. The Labute approximate surface area is 389 Å². The Morgan fingerprint density at radius 1 is 0.460 bits per heavy atom. The van der Waals surface area contributed by atoms with Crippen molar-refractivity contribution in [2.75, 3.05) is 23.9 Å². The van der Waals surface area contributed by atoms with Crippen LogP contribution < -0.4 is 9.47 Å². The van der Waals surface area contributed by atoms with Crippen LogP contribution in [0.3, 0.4) is 0 Å². The van der Waals surface area contributed by atoms with Crippen molar-refractivity contribution in [1.29, 1.82) is 0 Å². The highest BCUT2D eigenvalue weighted by Gasteiger charge is 2.34. The van der Waals surface area contributed by atoms with E-state index in [4.69, 9.17) is 9.47 Å². The third-order valence-electron chi connectivity index (χ3n) is 11.5. The van der Waals surface area contributed by atoms with Crippen molar-refractivity contribution in [1.82, 2.24) is 0 Å². The van der Waals surface area contributed by atoms with Gasteiger partial charge in [0.05, 0.1) is 6.61 Å². The number of carbonyl (C=O) groups excluding carboxylic acids is 1. The van der Waals surface area contributed by atoms with E-state index in [9.17, 15) is 4.79 Å². The molecule has 3 heterocycles. The van der Waals surface area contributed by atoms with Gasteiger partial charge in [0.15, 0.2) is 0 Å². The Bertz CT molecular complexity index is 3240. The van der Waals surface area contributed by atoms with E-state index in [0.717, 1.165) is 33.8 Å². The molecule has 8 aromatic carbocycles. The van der Waals surface area contributed by atoms with Crippen molar-refractivity contribution in [3.8, 4) is 11.5 Å². The topological polar surface area (TPSA) is 35.5 Å². The number of hydrogen-bond acceptors (Lipinski definition) is 9. The van der Waals surface area contributed by atoms with Crippen molar-refractivity contribution in [3.05, 3.63) is 176 Å². The molecule has 0 amide bonds. The highest BCUT2D eigenvalue weighted by atomic mass is 32.2. The molecule has 11 rings (SSSR count). The van der Waals surface area contributed by atoms with Gasteiger partial charge in [-0.05, 0) is 48.5 Å². The third-order valence-corrected chi connectivity index (χ3v) is 19.7. The normalized spacial score (nSPS) is 12.1. The Morgan fingerprint density at radius 3 is 1.27 bits per heavy atom. The van der Waals surface area contributed by atoms with Crippen molar-refractivity contribution in [3.63, 3.8) is 0 Å². The largest absolute Gasteiger partial charge is 0.492 e. The number of benzene rings is 8. The van der Waals surface area contributed by atoms with Gasteiger partial charge >= 0.3 is 5.97 Å². The molecule has 11 aromatic rings. The molecule has 0 bridgehead atoms. The molecule has 63 heavy (non-hydrogen) atoms. The van der Waals surface area contributed by atoms with Crippen molar-refractivity contribution >= 4 is 147 Å². The maximum atomic E-state index is 12.4. The van der Waals surface area contributed by atoms with Gasteiger partial charge in [0, 0.05) is 115 Å². The van der Waals surface area contributed by atoms with Crippen LogP contribution >= 0.6 is 69.3 Å². The molecular weight excluding hydrogens is 889 g/mol. The van der Waals surface area contributed by atoms with Gasteiger partial charge in [-0.1, -0.05) is 122 Å². The molecule has 9 heteroatoms. The van der Waals surface area contributed by atoms with E-state index in [1.54, 1.807) is 0 Å². The number of thioether (sulfide) groups is 3. The van der Waals surface area contributed by atoms with E-state index in [1.807, 2.05) is 106 Å². The first kappa shape index (κ1) is 40.5. The fourth-order valence-electron chi connectivity index (χ4n) is 8.30. The summed E-state index contributed by atoms with van der Waals surface area (Å²) >= 11 is 11.5. The summed E-state index contributed by atoms with van der Waals surface area (Å²) < 4.78 is 20.8. The van der Waals surface area contributed by atoms with E-state index in [0.29, 0.717) is 12.4 Å². The molecule has 0 aliphatic heterocycles. The fraction of sp³-hybridized carbons (Fsp3) is 0.0926. The quantitative estimate of drug-likeness (QED) is 0.0468. The summed E-state index contributed by atoms with van der Waals surface area (Å²) in [5.74, 6) is 3.25. The van der Waals surface area contributed by atoms with Crippen LogP contribution in [0.4, 0.5) is 0 Å². The average molecular weight is 927 g/mol. The molecule has 0 unspecified atom stereocenters. The Hall–Kier alpha value is -5.26. The second-order valence-electron chi connectivity index (χ2n) is 15.6. The molecule has 0 radical (unpaired) electrons. The van der Waals surface area contributed by atoms with Crippen LogP contribution in [0.25, 0.3) is 71.3 Å². The molecule has 0 aliphatic carbocycles. The number of ether oxygens (including phenoxy) is 2. The van der Waals surface area contributed by atoms with E-state index < -0.39 is 5.97 Å². The van der Waals surface area contributed by atoms with Gasteiger partial charge < -0.3 is 9.47 Å². The minimum Gasteiger partial charge on any atom is -0.492 e. The van der Waals surface area contributed by atoms with Crippen LogP contribution in [0.5, 0.6) is 11.5 Å². The molecule has 0 N–H and O–H groups in total. The Balaban J connectivity index is 1.02. The van der Waals surface area contributed by atoms with Crippen LogP contribution in [-0.2, 0) is 4.79 Å². The van der Waals surface area contributed by atoms with E-state index in [-0.39, 0.29) is 5.41 Å². The zero-order valence-corrected chi connectivity index (χ0v) is 38.8. The van der Waals surface area contributed by atoms with Crippen molar-refractivity contribution in [2.45, 2.75) is 14.7 Å². The fourth-order valence-corrected chi connectivity index (χ4v) is 16.4. The van der Waals surface area contributed by atoms with Gasteiger partial charge in [-0.2, -0.15) is 0 Å². The SMILES string of the molecule is C=CC(=O)Oc1cccc2c(OCC(CSc3cccc4c3sc3ccccc34)(CSc3cccc4c3sc3ccccc34)CSc3cccc4c3sc3ccccc34)cccc12. The molecule has 3 nitrogen and oxygen atoms in total. The van der Waals surface area contributed by atoms with E-state index in [2.05, 4.69) is 134 Å². The lowest BCUT2D eigenvalue weighted by Crippen LogP contribution is -2.37. The first-order chi connectivity index (χ1) is 31.0. The van der Waals surface area contributed by atoms with Crippen LogP contribution in [-0.4, -0.2) is 29.8 Å². The maximum absolute atomic E-state index is 12.4. The minimum atomic E-state index is -0.491. The highest BCUT2D eigenvalue weighted by Crippen LogP contribution is 2.48. The van der Waals surface area contributed by atoms with Gasteiger partial charge in [-0.3, -0.25) is 0 Å². The zero-order valence-electron chi connectivity index (χ0n) is 33.9. The number of hydrogen-bond donors (Lipinski definition) is 0. The lowest BCUT2D eigenvalue weighted by molar-refractivity contribution is -0.128. The number of fused-ring (bicyclic) bond motifs is 10. The maximum Gasteiger partial charge on any atom is 0.335 e. The van der Waals surface area contributed by atoms with E-state index in [1.165, 1.54) is 81.3 Å². The highest BCUT2D eigenvalue weighted by molar-refractivity contribution is 8.01. The first-order valence-electron chi connectivity index (χ1n) is 20.6. The van der Waals surface area contributed by atoms with Gasteiger partial charge in [0.25, 0.3) is 0 Å². The van der Waals surface area contributed by atoms with Crippen LogP contribution in [0.15, 0.2) is 191 Å². The molecule has 0 fully saturated rings. The van der Waals surface area contributed by atoms with Crippen molar-refractivity contribution < 1.29 is 14.3 Å². The molecule has 0 spiro atoms. The molecule has 308 valence electrons. The second-order valence-corrected chi connectivity index (χ2v) is 21.8. The molecule has 0 atom stereocenters. The van der Waals surface area contributed by atoms with E-state index >= 15 is 0 Å². The summed E-state index contributed by atoms with van der Waals surface area (Å²) in [5, 5.41) is 9.56. The van der Waals surface area contributed by atoms with Gasteiger partial charge in [-0.25, -0.2) is 4.79 Å². The van der Waals surface area contributed by atoms with Crippen LogP contribution in [0, 0.1) is 5.41 Å². The van der Waals surface area contributed by atoms with Crippen molar-refractivity contribution in [2.24, 2.45) is 5.41 Å².